The number of aryl methyl sites for hydroxylation is 2. The Balaban J connectivity index is 1.26. The standard InChI is InChI=1S/C30H32F4N8O/c1-18-7-8-20(13-26(18)42-17-25(37-38-42)23-16-35-39(3)19(23)2)29(43)36-21-14-24(30(32,33)34)28(31)27(15-21)41-11-9-40(10-12-41)22-5-4-6-22/h7-8,13-17,22H,4-6,9-12H2,1-3H3,(H,36,43). The maximum Gasteiger partial charge on any atom is 0.419 e. The summed E-state index contributed by atoms with van der Waals surface area (Å²) in [4.78, 5) is 17.3. The van der Waals surface area contributed by atoms with Crippen LogP contribution in [-0.2, 0) is 13.2 Å². The molecular formula is C30H32F4N8O. The Morgan fingerprint density at radius 1 is 1.02 bits per heavy atom. The lowest BCUT2D eigenvalue weighted by molar-refractivity contribution is -0.139. The Hall–Kier alpha value is -4.26. The number of halogens is 4. The van der Waals surface area contributed by atoms with Crippen molar-refractivity contribution in [1.29, 1.82) is 0 Å². The maximum atomic E-state index is 15.3. The predicted molar refractivity (Wildman–Crippen MR) is 154 cm³/mol. The molecule has 1 aliphatic heterocycles. The fourth-order valence-electron chi connectivity index (χ4n) is 5.65. The SMILES string of the molecule is Cc1ccc(C(=O)Nc2cc(N3CCN(C4CCC4)CC3)c(F)c(C(F)(F)F)c2)cc1-n1cc(-c2cnn(C)c2C)nn1. The third-order valence-corrected chi connectivity index (χ3v) is 8.59. The van der Waals surface area contributed by atoms with E-state index in [0.717, 1.165) is 29.7 Å². The van der Waals surface area contributed by atoms with Gasteiger partial charge < -0.3 is 10.2 Å². The van der Waals surface area contributed by atoms with E-state index in [1.165, 1.54) is 17.2 Å². The first-order valence-electron chi connectivity index (χ1n) is 14.2. The summed E-state index contributed by atoms with van der Waals surface area (Å²) in [7, 11) is 1.83. The van der Waals surface area contributed by atoms with Crippen LogP contribution in [0.15, 0.2) is 42.7 Å². The van der Waals surface area contributed by atoms with Gasteiger partial charge in [0.1, 0.15) is 5.69 Å². The van der Waals surface area contributed by atoms with Gasteiger partial charge in [-0.3, -0.25) is 14.4 Å². The zero-order chi connectivity index (χ0) is 30.5. The molecule has 2 fully saturated rings. The van der Waals surface area contributed by atoms with Crippen molar-refractivity contribution in [3.05, 3.63) is 70.9 Å². The van der Waals surface area contributed by atoms with Gasteiger partial charge >= 0.3 is 6.18 Å². The number of hydrogen-bond donors (Lipinski definition) is 1. The molecule has 0 atom stereocenters. The van der Waals surface area contributed by atoms with Crippen molar-refractivity contribution in [3.8, 4) is 16.9 Å². The minimum absolute atomic E-state index is 0.132. The minimum Gasteiger partial charge on any atom is -0.367 e. The molecule has 43 heavy (non-hydrogen) atoms. The molecule has 1 amide bonds. The largest absolute Gasteiger partial charge is 0.419 e. The molecule has 0 radical (unpaired) electrons. The average Bonchev–Trinajstić information content (AvgIpc) is 3.55. The highest BCUT2D eigenvalue weighted by atomic mass is 19.4. The highest BCUT2D eigenvalue weighted by Crippen LogP contribution is 2.38. The summed E-state index contributed by atoms with van der Waals surface area (Å²) in [5.74, 6) is -1.96. The molecule has 2 aliphatic rings. The average molecular weight is 597 g/mol. The van der Waals surface area contributed by atoms with E-state index in [9.17, 15) is 18.0 Å². The van der Waals surface area contributed by atoms with Crippen molar-refractivity contribution < 1.29 is 22.4 Å². The summed E-state index contributed by atoms with van der Waals surface area (Å²) >= 11 is 0. The van der Waals surface area contributed by atoms with Gasteiger partial charge in [-0.2, -0.15) is 18.3 Å². The number of hydrogen-bond acceptors (Lipinski definition) is 6. The topological polar surface area (TPSA) is 84.1 Å². The second kappa shape index (κ2) is 11.1. The lowest BCUT2D eigenvalue weighted by Crippen LogP contribution is -2.52. The number of carbonyl (C=O) groups is 1. The normalized spacial score (nSPS) is 16.4. The monoisotopic (exact) mass is 596 g/mol. The Bertz CT molecular complexity index is 1660. The van der Waals surface area contributed by atoms with E-state index in [0.29, 0.717) is 49.7 Å². The van der Waals surface area contributed by atoms with E-state index in [4.69, 9.17) is 0 Å². The van der Waals surface area contributed by atoms with Crippen molar-refractivity contribution in [3.63, 3.8) is 0 Å². The summed E-state index contributed by atoms with van der Waals surface area (Å²) in [6.45, 7) is 5.87. The summed E-state index contributed by atoms with van der Waals surface area (Å²) in [5, 5.41) is 15.3. The van der Waals surface area contributed by atoms with Crippen LogP contribution in [-0.4, -0.2) is 67.8 Å². The van der Waals surface area contributed by atoms with Crippen LogP contribution < -0.4 is 10.2 Å². The van der Waals surface area contributed by atoms with Crippen molar-refractivity contribution in [2.24, 2.45) is 7.05 Å². The van der Waals surface area contributed by atoms with E-state index >= 15 is 4.39 Å². The van der Waals surface area contributed by atoms with Crippen LogP contribution in [0.4, 0.5) is 28.9 Å². The zero-order valence-corrected chi connectivity index (χ0v) is 24.1. The number of aromatic nitrogens is 5. The van der Waals surface area contributed by atoms with Gasteiger partial charge in [0.25, 0.3) is 5.91 Å². The van der Waals surface area contributed by atoms with Gasteiger partial charge in [-0.05, 0) is 56.5 Å². The van der Waals surface area contributed by atoms with E-state index in [1.54, 1.807) is 40.2 Å². The number of carbonyl (C=O) groups excluding carboxylic acids is 1. The van der Waals surface area contributed by atoms with E-state index < -0.39 is 23.5 Å². The molecular weight excluding hydrogens is 564 g/mol. The van der Waals surface area contributed by atoms with Crippen LogP contribution in [0.1, 0.15) is 46.4 Å². The van der Waals surface area contributed by atoms with Crippen molar-refractivity contribution in [2.75, 3.05) is 36.4 Å². The van der Waals surface area contributed by atoms with Gasteiger partial charge in [0.2, 0.25) is 0 Å². The molecule has 0 unspecified atom stereocenters. The first-order chi connectivity index (χ1) is 20.5. The first kappa shape index (κ1) is 28.8. The Labute approximate surface area is 246 Å². The highest BCUT2D eigenvalue weighted by molar-refractivity contribution is 6.05. The van der Waals surface area contributed by atoms with Gasteiger partial charge in [-0.1, -0.05) is 17.7 Å². The van der Waals surface area contributed by atoms with Crippen molar-refractivity contribution in [2.45, 2.75) is 45.3 Å². The molecule has 13 heteroatoms. The fourth-order valence-corrected chi connectivity index (χ4v) is 5.65. The summed E-state index contributed by atoms with van der Waals surface area (Å²) in [6.07, 6.45) is 1.92. The van der Waals surface area contributed by atoms with Crippen LogP contribution in [0.5, 0.6) is 0 Å². The van der Waals surface area contributed by atoms with E-state index in [2.05, 4.69) is 25.6 Å². The quantitative estimate of drug-likeness (QED) is 0.302. The Morgan fingerprint density at radius 3 is 2.40 bits per heavy atom. The second-order valence-corrected chi connectivity index (χ2v) is 11.2. The second-order valence-electron chi connectivity index (χ2n) is 11.2. The molecule has 1 saturated heterocycles. The van der Waals surface area contributed by atoms with Crippen LogP contribution in [0, 0.1) is 19.7 Å². The molecule has 1 saturated carbocycles. The molecule has 2 aromatic heterocycles. The van der Waals surface area contributed by atoms with Crippen LogP contribution in [0.3, 0.4) is 0 Å². The number of amides is 1. The number of benzene rings is 2. The van der Waals surface area contributed by atoms with Gasteiger partial charge in [0.15, 0.2) is 5.82 Å². The number of rotatable bonds is 6. The minimum atomic E-state index is -4.93. The van der Waals surface area contributed by atoms with Crippen LogP contribution >= 0.6 is 0 Å². The Morgan fingerprint density at radius 2 is 1.77 bits per heavy atom. The summed E-state index contributed by atoms with van der Waals surface area (Å²) in [5.41, 5.74) is 2.21. The molecule has 226 valence electrons. The first-order valence-corrected chi connectivity index (χ1v) is 14.2. The molecule has 2 aromatic carbocycles. The molecule has 1 N–H and O–H groups in total. The van der Waals surface area contributed by atoms with Crippen LogP contribution in [0.2, 0.25) is 0 Å². The summed E-state index contributed by atoms with van der Waals surface area (Å²) < 4.78 is 60.2. The number of nitrogens with one attached hydrogen (secondary N) is 1. The third kappa shape index (κ3) is 5.61. The summed E-state index contributed by atoms with van der Waals surface area (Å²) in [6, 6.07) is 7.33. The zero-order valence-electron chi connectivity index (χ0n) is 24.1. The maximum absolute atomic E-state index is 15.3. The van der Waals surface area contributed by atoms with E-state index in [-0.39, 0.29) is 16.9 Å². The molecule has 0 bridgehead atoms. The van der Waals surface area contributed by atoms with Gasteiger partial charge in [-0.25, -0.2) is 9.07 Å². The van der Waals surface area contributed by atoms with Crippen molar-refractivity contribution in [1.82, 2.24) is 29.7 Å². The fraction of sp³-hybridized carbons (Fsp3) is 0.400. The molecule has 3 heterocycles. The smallest absolute Gasteiger partial charge is 0.367 e. The predicted octanol–water partition coefficient (Wildman–Crippen LogP) is 5.37. The van der Waals surface area contributed by atoms with E-state index in [1.807, 2.05) is 20.9 Å². The molecule has 4 aromatic rings. The van der Waals surface area contributed by atoms with Gasteiger partial charge in [0.05, 0.1) is 29.3 Å². The van der Waals surface area contributed by atoms with Crippen molar-refractivity contribution >= 4 is 17.3 Å². The molecule has 6 rings (SSSR count). The van der Waals surface area contributed by atoms with Gasteiger partial charge in [-0.15, -0.1) is 5.10 Å². The number of anilines is 2. The number of piperazine rings is 1. The third-order valence-electron chi connectivity index (χ3n) is 8.59. The molecule has 0 spiro atoms. The number of nitrogens with zero attached hydrogens (tertiary/aromatic N) is 7. The van der Waals surface area contributed by atoms with Crippen LogP contribution in [0.25, 0.3) is 16.9 Å². The van der Waals surface area contributed by atoms with Gasteiger partial charge in [0, 0.05) is 61.8 Å². The number of alkyl halides is 3. The Kier molecular flexibility index (Phi) is 7.45. The highest BCUT2D eigenvalue weighted by Gasteiger charge is 2.37. The molecule has 1 aliphatic carbocycles. The lowest BCUT2D eigenvalue weighted by atomic mass is 9.91. The lowest BCUT2D eigenvalue weighted by Gasteiger charge is -2.43. The molecule has 9 nitrogen and oxygen atoms in total.